The summed E-state index contributed by atoms with van der Waals surface area (Å²) in [5.74, 6) is 0. The molecule has 0 aliphatic heterocycles. The number of hydrogen-bond donors (Lipinski definition) is 0. The number of para-hydroxylation sites is 1. The van der Waals surface area contributed by atoms with Crippen LogP contribution >= 0.6 is 0 Å². The van der Waals surface area contributed by atoms with Gasteiger partial charge in [-0.2, -0.15) is 0 Å². The van der Waals surface area contributed by atoms with Crippen LogP contribution in [0.4, 0.5) is 17.1 Å². The molecule has 1 aromatic heterocycles. The second-order valence-electron chi connectivity index (χ2n) is 13.0. The summed E-state index contributed by atoms with van der Waals surface area (Å²) in [6.07, 6.45) is 0. The van der Waals surface area contributed by atoms with Crippen molar-refractivity contribution in [3.05, 3.63) is 175 Å². The van der Waals surface area contributed by atoms with E-state index in [-0.39, 0.29) is 5.41 Å². The van der Waals surface area contributed by atoms with Gasteiger partial charge in [-0.25, -0.2) is 0 Å². The first-order chi connectivity index (χ1) is 23.1. The first-order valence-electron chi connectivity index (χ1n) is 16.3. The molecule has 0 atom stereocenters. The van der Waals surface area contributed by atoms with E-state index >= 15 is 0 Å². The highest BCUT2D eigenvalue weighted by molar-refractivity contribution is 6.12. The number of rotatable bonds is 5. The molecule has 224 valence electrons. The molecule has 0 spiro atoms. The topological polar surface area (TPSA) is 16.4 Å². The van der Waals surface area contributed by atoms with Crippen LogP contribution in [0.15, 0.2) is 168 Å². The first kappa shape index (κ1) is 27.5. The van der Waals surface area contributed by atoms with Crippen molar-refractivity contribution < 1.29 is 4.42 Å². The van der Waals surface area contributed by atoms with Crippen LogP contribution in [0.5, 0.6) is 0 Å². The van der Waals surface area contributed by atoms with Crippen molar-refractivity contribution in [3.8, 4) is 33.4 Å². The highest BCUT2D eigenvalue weighted by Gasteiger charge is 2.35. The van der Waals surface area contributed by atoms with E-state index in [1.54, 1.807) is 0 Å². The van der Waals surface area contributed by atoms with Crippen LogP contribution < -0.4 is 4.90 Å². The van der Waals surface area contributed by atoms with Crippen LogP contribution in [0.2, 0.25) is 0 Å². The third-order valence-electron chi connectivity index (χ3n) is 9.85. The Balaban J connectivity index is 1.24. The lowest BCUT2D eigenvalue weighted by Crippen LogP contribution is -2.16. The fraction of sp³-hybridized carbons (Fsp3) is 0.0667. The van der Waals surface area contributed by atoms with Gasteiger partial charge in [0.05, 0.1) is 0 Å². The Morgan fingerprint density at radius 2 is 1.02 bits per heavy atom. The average Bonchev–Trinajstić information content (AvgIpc) is 3.61. The number of benzene rings is 7. The zero-order valence-electron chi connectivity index (χ0n) is 26.4. The van der Waals surface area contributed by atoms with Gasteiger partial charge in [0.1, 0.15) is 11.2 Å². The van der Waals surface area contributed by atoms with Crippen LogP contribution in [0.1, 0.15) is 25.0 Å². The van der Waals surface area contributed by atoms with Gasteiger partial charge < -0.3 is 9.32 Å². The Morgan fingerprint density at radius 3 is 1.87 bits per heavy atom. The summed E-state index contributed by atoms with van der Waals surface area (Å²) >= 11 is 0. The number of furan rings is 1. The second-order valence-corrected chi connectivity index (χ2v) is 13.0. The highest BCUT2D eigenvalue weighted by Crippen LogP contribution is 2.51. The fourth-order valence-electron chi connectivity index (χ4n) is 7.56. The highest BCUT2D eigenvalue weighted by atomic mass is 16.3. The summed E-state index contributed by atoms with van der Waals surface area (Å²) in [7, 11) is 0. The van der Waals surface area contributed by atoms with E-state index in [2.05, 4.69) is 170 Å². The normalized spacial score (nSPS) is 13.1. The van der Waals surface area contributed by atoms with Gasteiger partial charge in [-0.15, -0.1) is 0 Å². The molecule has 0 amide bonds. The predicted octanol–water partition coefficient (Wildman–Crippen LogP) is 12.7. The number of nitrogens with zero attached hydrogens (tertiary/aromatic N) is 1. The molecule has 0 saturated carbocycles. The Hall–Kier alpha value is -5.86. The van der Waals surface area contributed by atoms with Gasteiger partial charge in [0.15, 0.2) is 0 Å². The molecule has 9 rings (SSSR count). The average molecular weight is 604 g/mol. The summed E-state index contributed by atoms with van der Waals surface area (Å²) in [6.45, 7) is 4.69. The van der Waals surface area contributed by atoms with E-state index in [4.69, 9.17) is 4.42 Å². The maximum atomic E-state index is 6.26. The molecule has 7 aromatic carbocycles. The van der Waals surface area contributed by atoms with Gasteiger partial charge in [-0.05, 0) is 93.0 Å². The van der Waals surface area contributed by atoms with E-state index in [1.165, 1.54) is 33.4 Å². The SMILES string of the molecule is CC1(C)c2ccccc2-c2ccc(N(c3cccc(-c4ccccc4)c3)c3cccc(-c4cccc5oc6ccccc6c45)c3)cc21. The molecule has 1 aliphatic carbocycles. The van der Waals surface area contributed by atoms with E-state index in [9.17, 15) is 0 Å². The second kappa shape index (κ2) is 10.6. The number of anilines is 3. The maximum absolute atomic E-state index is 6.26. The molecule has 2 heteroatoms. The zero-order valence-corrected chi connectivity index (χ0v) is 26.4. The lowest BCUT2D eigenvalue weighted by Gasteiger charge is -2.29. The largest absolute Gasteiger partial charge is 0.456 e. The van der Waals surface area contributed by atoms with Gasteiger partial charge >= 0.3 is 0 Å². The molecule has 0 N–H and O–H groups in total. The summed E-state index contributed by atoms with van der Waals surface area (Å²) < 4.78 is 6.26. The van der Waals surface area contributed by atoms with Crippen molar-refractivity contribution in [2.45, 2.75) is 19.3 Å². The molecule has 8 aromatic rings. The fourth-order valence-corrected chi connectivity index (χ4v) is 7.56. The molecule has 0 saturated heterocycles. The Morgan fingerprint density at radius 1 is 0.426 bits per heavy atom. The smallest absolute Gasteiger partial charge is 0.136 e. The molecule has 2 nitrogen and oxygen atoms in total. The maximum Gasteiger partial charge on any atom is 0.136 e. The van der Waals surface area contributed by atoms with Gasteiger partial charge in [0.25, 0.3) is 0 Å². The van der Waals surface area contributed by atoms with Crippen molar-refractivity contribution in [3.63, 3.8) is 0 Å². The lowest BCUT2D eigenvalue weighted by atomic mass is 9.82. The standard InChI is InChI=1S/C45H33NO/c1-45(2)40-22-8-6-19-37(40)38-26-25-35(29-41(38)45)46(33-17-10-15-31(27-33)30-13-4-3-5-14-30)34-18-11-16-32(28-34)36-21-12-24-43-44(36)39-20-7-9-23-42(39)47-43/h3-29H,1-2H3. The van der Waals surface area contributed by atoms with Crippen molar-refractivity contribution in [2.75, 3.05) is 4.90 Å². The van der Waals surface area contributed by atoms with E-state index in [1.807, 2.05) is 12.1 Å². The molecule has 1 heterocycles. The molecule has 0 fully saturated rings. The monoisotopic (exact) mass is 603 g/mol. The predicted molar refractivity (Wildman–Crippen MR) is 197 cm³/mol. The number of fused-ring (bicyclic) bond motifs is 6. The van der Waals surface area contributed by atoms with E-state index < -0.39 is 0 Å². The first-order valence-corrected chi connectivity index (χ1v) is 16.3. The molecular weight excluding hydrogens is 571 g/mol. The number of hydrogen-bond acceptors (Lipinski definition) is 2. The van der Waals surface area contributed by atoms with Crippen LogP contribution in [0.3, 0.4) is 0 Å². The molecule has 0 bridgehead atoms. The minimum absolute atomic E-state index is 0.0979. The van der Waals surface area contributed by atoms with Gasteiger partial charge in [0.2, 0.25) is 0 Å². The summed E-state index contributed by atoms with van der Waals surface area (Å²) in [5.41, 5.74) is 15.2. The zero-order chi connectivity index (χ0) is 31.5. The Bertz CT molecular complexity index is 2450. The molecular formula is C45H33NO. The van der Waals surface area contributed by atoms with Crippen molar-refractivity contribution in [2.24, 2.45) is 0 Å². The van der Waals surface area contributed by atoms with Crippen molar-refractivity contribution in [1.82, 2.24) is 0 Å². The van der Waals surface area contributed by atoms with E-state index in [0.717, 1.165) is 50.1 Å². The minimum atomic E-state index is -0.0979. The van der Waals surface area contributed by atoms with Gasteiger partial charge in [-0.1, -0.05) is 129 Å². The molecule has 0 unspecified atom stereocenters. The molecule has 0 radical (unpaired) electrons. The summed E-state index contributed by atoms with van der Waals surface area (Å²) in [4.78, 5) is 2.41. The summed E-state index contributed by atoms with van der Waals surface area (Å²) in [6, 6.07) is 58.9. The minimum Gasteiger partial charge on any atom is -0.456 e. The van der Waals surface area contributed by atoms with Crippen molar-refractivity contribution >= 4 is 39.0 Å². The van der Waals surface area contributed by atoms with Crippen LogP contribution in [0.25, 0.3) is 55.3 Å². The third-order valence-corrected chi connectivity index (χ3v) is 9.85. The van der Waals surface area contributed by atoms with Crippen molar-refractivity contribution in [1.29, 1.82) is 0 Å². The van der Waals surface area contributed by atoms with Crippen LogP contribution in [0, 0.1) is 0 Å². The lowest BCUT2D eigenvalue weighted by molar-refractivity contribution is 0.660. The molecule has 47 heavy (non-hydrogen) atoms. The Labute approximate surface area is 275 Å². The van der Waals surface area contributed by atoms with E-state index in [0.29, 0.717) is 0 Å². The van der Waals surface area contributed by atoms with Crippen LogP contribution in [-0.2, 0) is 5.41 Å². The Kier molecular flexibility index (Phi) is 6.20. The quantitative estimate of drug-likeness (QED) is 0.195. The third kappa shape index (κ3) is 4.40. The van der Waals surface area contributed by atoms with Gasteiger partial charge in [0, 0.05) is 33.2 Å². The van der Waals surface area contributed by atoms with Gasteiger partial charge in [-0.3, -0.25) is 0 Å². The van der Waals surface area contributed by atoms with Crippen LogP contribution in [-0.4, -0.2) is 0 Å². The molecule has 1 aliphatic rings. The summed E-state index contributed by atoms with van der Waals surface area (Å²) in [5, 5.41) is 2.28.